The molecular formula is C10H7F2N3O. The van der Waals surface area contributed by atoms with Crippen molar-refractivity contribution in [2.45, 2.75) is 0 Å². The Morgan fingerprint density at radius 2 is 1.94 bits per heavy atom. The van der Waals surface area contributed by atoms with Crippen LogP contribution in [0.2, 0.25) is 0 Å². The summed E-state index contributed by atoms with van der Waals surface area (Å²) in [6, 6.07) is 4.64. The first kappa shape index (κ1) is 10.3. The monoisotopic (exact) mass is 223 g/mol. The maximum absolute atomic E-state index is 12.8. The summed E-state index contributed by atoms with van der Waals surface area (Å²) in [7, 11) is 0. The molecule has 0 saturated carbocycles. The van der Waals surface area contributed by atoms with Crippen LogP contribution in [-0.4, -0.2) is 9.97 Å². The second-order valence-electron chi connectivity index (χ2n) is 2.93. The van der Waals surface area contributed by atoms with Crippen LogP contribution in [0.15, 0.2) is 30.5 Å². The van der Waals surface area contributed by atoms with Gasteiger partial charge in [-0.3, -0.25) is 0 Å². The molecule has 0 amide bonds. The number of benzene rings is 1. The standard InChI is InChI=1S/C10H7F2N3O/c11-7-2-1-6(5-8(7)12)16-9-3-4-14-10(13)15-9/h1-5H,(H2,13,14,15). The van der Waals surface area contributed by atoms with Gasteiger partial charge in [0.25, 0.3) is 0 Å². The maximum atomic E-state index is 12.8. The number of anilines is 1. The van der Waals surface area contributed by atoms with Crippen molar-refractivity contribution in [3.63, 3.8) is 0 Å². The van der Waals surface area contributed by atoms with Gasteiger partial charge in [0.2, 0.25) is 11.8 Å². The van der Waals surface area contributed by atoms with Crippen LogP contribution in [0.4, 0.5) is 14.7 Å². The van der Waals surface area contributed by atoms with Crippen molar-refractivity contribution in [3.8, 4) is 11.6 Å². The van der Waals surface area contributed by atoms with E-state index in [1.165, 1.54) is 18.3 Å². The summed E-state index contributed by atoms with van der Waals surface area (Å²) in [5.41, 5.74) is 5.33. The van der Waals surface area contributed by atoms with E-state index < -0.39 is 11.6 Å². The van der Waals surface area contributed by atoms with Gasteiger partial charge in [0.15, 0.2) is 11.6 Å². The van der Waals surface area contributed by atoms with Crippen LogP contribution in [-0.2, 0) is 0 Å². The molecule has 16 heavy (non-hydrogen) atoms. The first-order chi connectivity index (χ1) is 7.65. The van der Waals surface area contributed by atoms with E-state index in [4.69, 9.17) is 10.5 Å². The minimum atomic E-state index is -0.987. The van der Waals surface area contributed by atoms with Crippen molar-refractivity contribution >= 4 is 5.95 Å². The number of aromatic nitrogens is 2. The van der Waals surface area contributed by atoms with Crippen LogP contribution in [0.1, 0.15) is 0 Å². The molecular weight excluding hydrogens is 216 g/mol. The third-order valence-corrected chi connectivity index (χ3v) is 1.76. The van der Waals surface area contributed by atoms with Crippen molar-refractivity contribution in [2.24, 2.45) is 0 Å². The van der Waals surface area contributed by atoms with Gasteiger partial charge >= 0.3 is 0 Å². The predicted molar refractivity (Wildman–Crippen MR) is 52.9 cm³/mol. The van der Waals surface area contributed by atoms with Gasteiger partial charge in [-0.1, -0.05) is 0 Å². The van der Waals surface area contributed by atoms with Crippen LogP contribution < -0.4 is 10.5 Å². The molecule has 0 aliphatic carbocycles. The third-order valence-electron chi connectivity index (χ3n) is 1.76. The fraction of sp³-hybridized carbons (Fsp3) is 0. The Hall–Kier alpha value is -2.24. The highest BCUT2D eigenvalue weighted by atomic mass is 19.2. The van der Waals surface area contributed by atoms with E-state index in [1.54, 1.807) is 0 Å². The van der Waals surface area contributed by atoms with E-state index in [2.05, 4.69) is 9.97 Å². The number of hydrogen-bond donors (Lipinski definition) is 1. The molecule has 2 N–H and O–H groups in total. The lowest BCUT2D eigenvalue weighted by molar-refractivity contribution is 0.447. The lowest BCUT2D eigenvalue weighted by Crippen LogP contribution is -1.96. The molecule has 0 unspecified atom stereocenters. The molecule has 0 aliphatic heterocycles. The molecule has 0 radical (unpaired) electrons. The van der Waals surface area contributed by atoms with Crippen LogP contribution in [0.5, 0.6) is 11.6 Å². The Labute approximate surface area is 89.7 Å². The van der Waals surface area contributed by atoms with Gasteiger partial charge in [-0.25, -0.2) is 13.8 Å². The minimum Gasteiger partial charge on any atom is -0.439 e. The topological polar surface area (TPSA) is 61.0 Å². The zero-order valence-electron chi connectivity index (χ0n) is 8.02. The van der Waals surface area contributed by atoms with E-state index in [0.29, 0.717) is 0 Å². The molecule has 2 aromatic rings. The van der Waals surface area contributed by atoms with E-state index in [9.17, 15) is 8.78 Å². The number of nitrogen functional groups attached to an aromatic ring is 1. The van der Waals surface area contributed by atoms with Gasteiger partial charge in [-0.05, 0) is 12.1 Å². The summed E-state index contributed by atoms with van der Waals surface area (Å²) < 4.78 is 30.6. The highest BCUT2D eigenvalue weighted by molar-refractivity contribution is 5.29. The molecule has 0 atom stereocenters. The summed E-state index contributed by atoms with van der Waals surface area (Å²) >= 11 is 0. The molecule has 1 heterocycles. The van der Waals surface area contributed by atoms with Gasteiger partial charge in [0.05, 0.1) is 0 Å². The normalized spacial score (nSPS) is 10.1. The minimum absolute atomic E-state index is 0.0417. The molecule has 0 fully saturated rings. The molecule has 2 rings (SSSR count). The van der Waals surface area contributed by atoms with Gasteiger partial charge < -0.3 is 10.5 Å². The Morgan fingerprint density at radius 3 is 2.62 bits per heavy atom. The summed E-state index contributed by atoms with van der Waals surface area (Å²) in [6.07, 6.45) is 1.40. The van der Waals surface area contributed by atoms with Crippen molar-refractivity contribution in [3.05, 3.63) is 42.1 Å². The van der Waals surface area contributed by atoms with Crippen molar-refractivity contribution in [1.82, 2.24) is 9.97 Å². The summed E-state index contributed by atoms with van der Waals surface area (Å²) in [6.45, 7) is 0. The average molecular weight is 223 g/mol. The predicted octanol–water partition coefficient (Wildman–Crippen LogP) is 2.13. The van der Waals surface area contributed by atoms with Gasteiger partial charge in [0.1, 0.15) is 5.75 Å². The molecule has 6 heteroatoms. The Balaban J connectivity index is 2.24. The van der Waals surface area contributed by atoms with Crippen LogP contribution >= 0.6 is 0 Å². The first-order valence-electron chi connectivity index (χ1n) is 4.36. The molecule has 82 valence electrons. The number of nitrogens with two attached hydrogens (primary N) is 1. The van der Waals surface area contributed by atoms with E-state index >= 15 is 0 Å². The van der Waals surface area contributed by atoms with Crippen molar-refractivity contribution in [1.29, 1.82) is 0 Å². The van der Waals surface area contributed by atoms with E-state index in [-0.39, 0.29) is 17.6 Å². The molecule has 0 saturated heterocycles. The molecule has 0 aliphatic rings. The summed E-state index contributed by atoms with van der Waals surface area (Å²) in [4.78, 5) is 7.41. The van der Waals surface area contributed by atoms with Crippen molar-refractivity contribution in [2.75, 3.05) is 5.73 Å². The number of hydrogen-bond acceptors (Lipinski definition) is 4. The SMILES string of the molecule is Nc1nccc(Oc2ccc(F)c(F)c2)n1. The number of halogens is 2. The Kier molecular flexibility index (Phi) is 2.63. The molecule has 0 bridgehead atoms. The summed E-state index contributed by atoms with van der Waals surface area (Å²) in [5, 5.41) is 0. The lowest BCUT2D eigenvalue weighted by atomic mass is 10.3. The maximum Gasteiger partial charge on any atom is 0.224 e. The number of rotatable bonds is 2. The van der Waals surface area contributed by atoms with E-state index in [1.807, 2.05) is 0 Å². The fourth-order valence-corrected chi connectivity index (χ4v) is 1.07. The van der Waals surface area contributed by atoms with E-state index in [0.717, 1.165) is 12.1 Å². The first-order valence-corrected chi connectivity index (χ1v) is 4.36. The van der Waals surface area contributed by atoms with Gasteiger partial charge in [-0.15, -0.1) is 0 Å². The van der Waals surface area contributed by atoms with Crippen LogP contribution in [0.25, 0.3) is 0 Å². The zero-order chi connectivity index (χ0) is 11.5. The van der Waals surface area contributed by atoms with Crippen LogP contribution in [0, 0.1) is 11.6 Å². The third kappa shape index (κ3) is 2.22. The van der Waals surface area contributed by atoms with Crippen molar-refractivity contribution < 1.29 is 13.5 Å². The average Bonchev–Trinajstić information content (AvgIpc) is 2.24. The fourth-order valence-electron chi connectivity index (χ4n) is 1.07. The van der Waals surface area contributed by atoms with Crippen LogP contribution in [0.3, 0.4) is 0 Å². The largest absolute Gasteiger partial charge is 0.439 e. The highest BCUT2D eigenvalue weighted by Gasteiger charge is 2.05. The quantitative estimate of drug-likeness (QED) is 0.847. The lowest BCUT2D eigenvalue weighted by Gasteiger charge is -2.04. The molecule has 1 aromatic heterocycles. The van der Waals surface area contributed by atoms with Gasteiger partial charge in [-0.2, -0.15) is 4.98 Å². The molecule has 4 nitrogen and oxygen atoms in total. The highest BCUT2D eigenvalue weighted by Crippen LogP contribution is 2.21. The Bertz CT molecular complexity index is 519. The number of ether oxygens (including phenoxy) is 1. The second-order valence-corrected chi connectivity index (χ2v) is 2.93. The molecule has 1 aromatic carbocycles. The molecule has 0 spiro atoms. The van der Waals surface area contributed by atoms with Gasteiger partial charge in [0, 0.05) is 18.3 Å². The smallest absolute Gasteiger partial charge is 0.224 e. The Morgan fingerprint density at radius 1 is 1.12 bits per heavy atom. The zero-order valence-corrected chi connectivity index (χ0v) is 8.02. The second kappa shape index (κ2) is 4.09. The summed E-state index contributed by atoms with van der Waals surface area (Å²) in [5.74, 6) is -1.58. The number of nitrogens with zero attached hydrogens (tertiary/aromatic N) is 2.